The summed E-state index contributed by atoms with van der Waals surface area (Å²) in [5.41, 5.74) is -30.3. The topological polar surface area (TPSA) is 20.9 Å². The molecule has 6 aromatic rings. The maximum absolute atomic E-state index is 14.2. The quantitative estimate of drug-likeness (QED) is 0.0675. The highest BCUT2D eigenvalue weighted by atomic mass is 19.4. The lowest BCUT2D eigenvalue weighted by atomic mass is 9.12. The molecule has 29 heteroatoms. The van der Waals surface area contributed by atoms with E-state index in [-0.39, 0.29) is 12.1 Å². The van der Waals surface area contributed by atoms with Gasteiger partial charge in [0, 0.05) is 18.2 Å². The predicted octanol–water partition coefficient (Wildman–Crippen LogP) is 13.3. The number of hydrogen-bond acceptors (Lipinski definition) is 1. The van der Waals surface area contributed by atoms with Crippen molar-refractivity contribution in [2.75, 3.05) is 0 Å². The standard InChI is InChI=1S/C32H12BF24.C13H10F2NO/c34-25(35,36)13-1-14(26(37,38)39)6-21(5-13)33(22-7-15(27(40,41)42)2-16(8-22)28(43,44)45,23-9-17(29(46,47)48)3-18(10-23)30(49,50)51)24-11-19(31(52,53)54)4-20(12-24)32(55,56)57;14-10-4-5-11(12(15)8-10)13(17)9-16-6-2-1-3-7-16/h1-12H;1-8H,9H2/q-1;+1. The summed E-state index contributed by atoms with van der Waals surface area (Å²) >= 11 is 0. The summed E-state index contributed by atoms with van der Waals surface area (Å²) in [6, 6.07) is -0.497. The smallest absolute Gasteiger partial charge is 0.287 e. The van der Waals surface area contributed by atoms with E-state index in [1.807, 2.05) is 6.07 Å². The summed E-state index contributed by atoms with van der Waals surface area (Å²) in [5, 5.41) is 0. The zero-order chi connectivity index (χ0) is 56.2. The Balaban J connectivity index is 0.000000500. The summed E-state index contributed by atoms with van der Waals surface area (Å²) in [6.45, 7) is 0.0311. The van der Waals surface area contributed by atoms with Gasteiger partial charge in [0.25, 0.3) is 0 Å². The number of carbonyl (C=O) groups excluding carboxylic acids is 1. The molecule has 0 aliphatic rings. The first kappa shape index (κ1) is 58.1. The van der Waals surface area contributed by atoms with Crippen LogP contribution >= 0.6 is 0 Å². The second-order valence-corrected chi connectivity index (χ2v) is 15.8. The Morgan fingerprint density at radius 1 is 0.351 bits per heavy atom. The van der Waals surface area contributed by atoms with Gasteiger partial charge in [0.15, 0.2) is 12.4 Å². The van der Waals surface area contributed by atoms with Gasteiger partial charge in [0.05, 0.1) is 50.1 Å². The number of alkyl halides is 24. The normalized spacial score (nSPS) is 13.4. The first-order chi connectivity index (χ1) is 33.4. The lowest BCUT2D eigenvalue weighted by Gasteiger charge is -2.46. The number of carbonyl (C=O) groups is 1. The third-order valence-electron chi connectivity index (χ3n) is 10.8. The average Bonchev–Trinajstić information content (AvgIpc) is 3.24. The van der Waals surface area contributed by atoms with Crippen LogP contribution in [0.15, 0.2) is 122 Å². The van der Waals surface area contributed by atoms with E-state index in [0.717, 1.165) is 12.1 Å². The number of ketones is 1. The van der Waals surface area contributed by atoms with E-state index in [4.69, 9.17) is 0 Å². The van der Waals surface area contributed by atoms with Crippen molar-refractivity contribution in [2.45, 2.75) is 56.0 Å². The fourth-order valence-corrected chi connectivity index (χ4v) is 7.58. The van der Waals surface area contributed by atoms with Crippen LogP contribution in [-0.2, 0) is 56.0 Å². The molecule has 0 bridgehead atoms. The summed E-state index contributed by atoms with van der Waals surface area (Å²) < 4.78 is 368. The molecule has 2 nitrogen and oxygen atoms in total. The largest absolute Gasteiger partial charge is 0.416 e. The van der Waals surface area contributed by atoms with E-state index in [1.54, 1.807) is 29.1 Å². The number of Topliss-reactive ketones (excluding diaryl/α,β-unsaturated/α-hetero) is 1. The number of halogens is 26. The van der Waals surface area contributed by atoms with Gasteiger partial charge in [-0.3, -0.25) is 4.79 Å². The minimum Gasteiger partial charge on any atom is -0.287 e. The molecule has 0 unspecified atom stereocenters. The molecule has 0 amide bonds. The summed E-state index contributed by atoms with van der Waals surface area (Å²) in [5.74, 6) is -1.91. The van der Waals surface area contributed by atoms with Gasteiger partial charge in [-0.2, -0.15) is 132 Å². The molecule has 0 radical (unpaired) electrons. The Bertz CT molecular complexity index is 2570. The number of benzene rings is 5. The van der Waals surface area contributed by atoms with Crippen molar-refractivity contribution in [3.63, 3.8) is 0 Å². The Morgan fingerprint density at radius 2 is 0.595 bits per heavy atom. The molecule has 1 heterocycles. The number of hydrogen-bond donors (Lipinski definition) is 0. The van der Waals surface area contributed by atoms with E-state index in [1.165, 1.54) is 0 Å². The first-order valence-corrected chi connectivity index (χ1v) is 19.7. The van der Waals surface area contributed by atoms with Crippen LogP contribution < -0.4 is 26.4 Å². The summed E-state index contributed by atoms with van der Waals surface area (Å²) in [6.07, 6.45) is -51.4. The Morgan fingerprint density at radius 3 is 0.811 bits per heavy atom. The lowest BCUT2D eigenvalue weighted by Crippen LogP contribution is -2.75. The fraction of sp³-hybridized carbons (Fsp3) is 0.200. The van der Waals surface area contributed by atoms with Crippen molar-refractivity contribution in [3.8, 4) is 0 Å². The van der Waals surface area contributed by atoms with Crippen molar-refractivity contribution in [2.24, 2.45) is 0 Å². The highest BCUT2D eigenvalue weighted by Gasteiger charge is 2.47. The van der Waals surface area contributed by atoms with Crippen molar-refractivity contribution < 1.29 is 124 Å². The van der Waals surface area contributed by atoms with Crippen LogP contribution in [0.4, 0.5) is 114 Å². The van der Waals surface area contributed by atoms with Crippen LogP contribution in [-0.4, -0.2) is 11.9 Å². The maximum atomic E-state index is 14.2. The maximum Gasteiger partial charge on any atom is 0.416 e. The first-order valence-electron chi connectivity index (χ1n) is 19.7. The van der Waals surface area contributed by atoms with E-state index >= 15 is 0 Å². The highest BCUT2D eigenvalue weighted by Crippen LogP contribution is 2.41. The van der Waals surface area contributed by atoms with Gasteiger partial charge >= 0.3 is 49.4 Å². The molecule has 0 fully saturated rings. The molecule has 5 aromatic carbocycles. The molecular formula is C45H22BF26NO. The Kier molecular flexibility index (Phi) is 15.5. The fourth-order valence-electron chi connectivity index (χ4n) is 7.58. The van der Waals surface area contributed by atoms with Crippen molar-refractivity contribution in [3.05, 3.63) is 183 Å². The van der Waals surface area contributed by atoms with Crippen LogP contribution in [0, 0.1) is 11.6 Å². The number of pyridine rings is 1. The average molecular weight is 1100 g/mol. The van der Waals surface area contributed by atoms with Gasteiger partial charge in [-0.1, -0.05) is 54.6 Å². The SMILES string of the molecule is FC(F)(F)c1cc([B-](c2cc(C(F)(F)F)cc(C(F)(F)F)c2)(c2cc(C(F)(F)F)cc(C(F)(F)F)c2)c2cc(C(F)(F)F)cc(C(F)(F)F)c2)cc(C(F)(F)F)c1.O=C(C[n+]1ccccc1)c1ccc(F)cc1F. The van der Waals surface area contributed by atoms with E-state index in [2.05, 4.69) is 0 Å². The minimum atomic E-state index is -6.13. The van der Waals surface area contributed by atoms with Gasteiger partial charge in [-0.05, 0) is 36.4 Å². The van der Waals surface area contributed by atoms with Crippen molar-refractivity contribution >= 4 is 33.8 Å². The van der Waals surface area contributed by atoms with Crippen LogP contribution in [0.25, 0.3) is 0 Å². The van der Waals surface area contributed by atoms with Crippen molar-refractivity contribution in [1.29, 1.82) is 0 Å². The van der Waals surface area contributed by atoms with Crippen LogP contribution in [0.3, 0.4) is 0 Å². The van der Waals surface area contributed by atoms with Gasteiger partial charge < -0.3 is 0 Å². The van der Waals surface area contributed by atoms with Gasteiger partial charge in [0.1, 0.15) is 17.8 Å². The highest BCUT2D eigenvalue weighted by molar-refractivity contribution is 7.20. The summed E-state index contributed by atoms with van der Waals surface area (Å²) in [7, 11) is 0. The predicted molar refractivity (Wildman–Crippen MR) is 207 cm³/mol. The van der Waals surface area contributed by atoms with E-state index < -0.39 is 212 Å². The Labute approximate surface area is 396 Å². The molecule has 6 rings (SSSR count). The second-order valence-electron chi connectivity index (χ2n) is 15.8. The molecule has 398 valence electrons. The van der Waals surface area contributed by atoms with E-state index in [9.17, 15) is 119 Å². The Hall–Kier alpha value is -6.84. The summed E-state index contributed by atoms with van der Waals surface area (Å²) in [4.78, 5) is 11.8. The molecule has 1 aromatic heterocycles. The van der Waals surface area contributed by atoms with Gasteiger partial charge in [-0.15, -0.1) is 0 Å². The number of rotatable bonds is 7. The molecule has 74 heavy (non-hydrogen) atoms. The molecule has 0 N–H and O–H groups in total. The molecule has 0 spiro atoms. The molecule has 0 atom stereocenters. The minimum absolute atomic E-state index is 0.0311. The molecular weight excluding hydrogens is 1080 g/mol. The lowest BCUT2D eigenvalue weighted by molar-refractivity contribution is -0.683. The van der Waals surface area contributed by atoms with Crippen LogP contribution in [0.2, 0.25) is 0 Å². The zero-order valence-electron chi connectivity index (χ0n) is 35.5. The zero-order valence-corrected chi connectivity index (χ0v) is 35.5. The molecule has 0 saturated carbocycles. The number of aromatic nitrogens is 1. The molecule has 0 aliphatic carbocycles. The van der Waals surface area contributed by atoms with Gasteiger partial charge in [0.2, 0.25) is 12.3 Å². The molecule has 0 saturated heterocycles. The second kappa shape index (κ2) is 19.8. The van der Waals surface area contributed by atoms with Crippen LogP contribution in [0.5, 0.6) is 0 Å². The van der Waals surface area contributed by atoms with Crippen molar-refractivity contribution in [1.82, 2.24) is 0 Å². The number of nitrogens with zero attached hydrogens (tertiary/aromatic N) is 1. The van der Waals surface area contributed by atoms with E-state index in [0.29, 0.717) is 6.07 Å². The third kappa shape index (κ3) is 13.3. The monoisotopic (exact) mass is 1100 g/mol. The third-order valence-corrected chi connectivity index (χ3v) is 10.8. The molecule has 0 aliphatic heterocycles. The van der Waals surface area contributed by atoms with Crippen LogP contribution in [0.1, 0.15) is 54.9 Å². The van der Waals surface area contributed by atoms with Gasteiger partial charge in [-0.25, -0.2) is 8.78 Å².